The largest absolute Gasteiger partial charge is 0.345 e. The zero-order valence-electron chi connectivity index (χ0n) is 18.8. The number of benzene rings is 1. The number of fused-ring (bicyclic) bond motifs is 1. The van der Waals surface area contributed by atoms with Crippen molar-refractivity contribution in [3.8, 4) is 0 Å². The molecule has 0 bridgehead atoms. The van der Waals surface area contributed by atoms with Gasteiger partial charge in [-0.1, -0.05) is 6.92 Å². The molecule has 3 rings (SSSR count). The van der Waals surface area contributed by atoms with Crippen molar-refractivity contribution in [3.05, 3.63) is 29.6 Å². The summed E-state index contributed by atoms with van der Waals surface area (Å²) in [6.07, 6.45) is 0.931. The number of hydrogen-bond donors (Lipinski definition) is 1. The van der Waals surface area contributed by atoms with E-state index in [0.717, 1.165) is 62.5 Å². The smallest absolute Gasteiger partial charge is 0.317 e. The highest BCUT2D eigenvalue weighted by Crippen LogP contribution is 2.20. The number of hydrogen-bond acceptors (Lipinski definition) is 4. The second-order valence-electron chi connectivity index (χ2n) is 8.20. The van der Waals surface area contributed by atoms with Crippen LogP contribution in [0.25, 0.3) is 11.0 Å². The summed E-state index contributed by atoms with van der Waals surface area (Å²) in [5.41, 5.74) is 2.56. The predicted octanol–water partition coefficient (Wildman–Crippen LogP) is 2.38. The van der Waals surface area contributed by atoms with Gasteiger partial charge in [-0.3, -0.25) is 9.69 Å². The van der Waals surface area contributed by atoms with Gasteiger partial charge in [0.05, 0.1) is 17.6 Å². The number of aromatic nitrogens is 2. The Hall–Kier alpha value is -2.61. The molecule has 1 aromatic carbocycles. The van der Waals surface area contributed by atoms with Crippen molar-refractivity contribution >= 4 is 23.0 Å². The summed E-state index contributed by atoms with van der Waals surface area (Å²) in [6.45, 7) is 10.9. The topological polar surface area (TPSA) is 73.7 Å². The first-order valence-corrected chi connectivity index (χ1v) is 10.8. The number of rotatable bonds is 6. The van der Waals surface area contributed by atoms with Crippen LogP contribution in [0.1, 0.15) is 43.4 Å². The van der Waals surface area contributed by atoms with Gasteiger partial charge in [-0.2, -0.15) is 0 Å². The van der Waals surface area contributed by atoms with Crippen LogP contribution in [0.4, 0.5) is 4.79 Å². The Labute approximate surface area is 178 Å². The highest BCUT2D eigenvalue weighted by molar-refractivity contribution is 5.97. The van der Waals surface area contributed by atoms with E-state index in [1.54, 1.807) is 19.0 Å². The number of piperazine rings is 1. The molecule has 1 aliphatic rings. The number of carbonyl (C=O) groups excluding carboxylic acids is 2. The van der Waals surface area contributed by atoms with E-state index in [2.05, 4.69) is 28.6 Å². The third-order valence-corrected chi connectivity index (χ3v) is 5.80. The Morgan fingerprint density at radius 1 is 1.17 bits per heavy atom. The Balaban J connectivity index is 1.69. The van der Waals surface area contributed by atoms with Crippen LogP contribution in [0.15, 0.2) is 18.2 Å². The van der Waals surface area contributed by atoms with Crippen molar-refractivity contribution in [1.29, 1.82) is 0 Å². The Kier molecular flexibility index (Phi) is 6.97. The number of amides is 3. The molecule has 1 aliphatic heterocycles. The summed E-state index contributed by atoms with van der Waals surface area (Å²) in [6, 6.07) is 5.97. The Morgan fingerprint density at radius 2 is 1.87 bits per heavy atom. The lowest BCUT2D eigenvalue weighted by Gasteiger charge is -2.35. The molecule has 8 heteroatoms. The molecule has 164 valence electrons. The first-order valence-electron chi connectivity index (χ1n) is 10.8. The maximum atomic E-state index is 12.3. The van der Waals surface area contributed by atoms with Crippen molar-refractivity contribution in [1.82, 2.24) is 29.6 Å². The van der Waals surface area contributed by atoms with Crippen LogP contribution in [0.3, 0.4) is 0 Å². The van der Waals surface area contributed by atoms with E-state index in [4.69, 9.17) is 4.98 Å². The van der Waals surface area contributed by atoms with E-state index < -0.39 is 0 Å². The van der Waals surface area contributed by atoms with Gasteiger partial charge in [0, 0.05) is 58.4 Å². The van der Waals surface area contributed by atoms with Gasteiger partial charge in [0.1, 0.15) is 5.82 Å². The maximum absolute atomic E-state index is 12.3. The summed E-state index contributed by atoms with van der Waals surface area (Å²) in [4.78, 5) is 35.3. The second kappa shape index (κ2) is 9.47. The lowest BCUT2D eigenvalue weighted by atomic mass is 10.2. The average molecular weight is 415 g/mol. The minimum atomic E-state index is -0.0173. The summed E-state index contributed by atoms with van der Waals surface area (Å²) in [5, 5.41) is 3.04. The van der Waals surface area contributed by atoms with Crippen LogP contribution >= 0.6 is 0 Å². The summed E-state index contributed by atoms with van der Waals surface area (Å²) < 4.78 is 2.21. The van der Waals surface area contributed by atoms with Gasteiger partial charge >= 0.3 is 6.03 Å². The zero-order valence-corrected chi connectivity index (χ0v) is 18.8. The fraction of sp³-hybridized carbons (Fsp3) is 0.591. The van der Waals surface area contributed by atoms with Gasteiger partial charge in [-0.25, -0.2) is 9.78 Å². The van der Waals surface area contributed by atoms with Gasteiger partial charge in [-0.15, -0.1) is 0 Å². The molecule has 1 fully saturated rings. The van der Waals surface area contributed by atoms with Gasteiger partial charge in [0.25, 0.3) is 5.91 Å². The Bertz CT molecular complexity index is 898. The fourth-order valence-corrected chi connectivity index (χ4v) is 3.76. The first-order chi connectivity index (χ1) is 14.3. The molecule has 2 aromatic rings. The molecule has 0 aliphatic carbocycles. The molecule has 8 nitrogen and oxygen atoms in total. The highest BCUT2D eigenvalue weighted by atomic mass is 16.2. The number of urea groups is 1. The fourth-order valence-electron chi connectivity index (χ4n) is 3.76. The van der Waals surface area contributed by atoms with E-state index in [-0.39, 0.29) is 18.0 Å². The van der Waals surface area contributed by atoms with Crippen molar-refractivity contribution in [2.24, 2.45) is 0 Å². The highest BCUT2D eigenvalue weighted by Gasteiger charge is 2.23. The second-order valence-corrected chi connectivity index (χ2v) is 8.20. The lowest BCUT2D eigenvalue weighted by molar-refractivity contribution is 0.0827. The van der Waals surface area contributed by atoms with E-state index in [0.29, 0.717) is 5.56 Å². The van der Waals surface area contributed by atoms with E-state index in [1.165, 1.54) is 0 Å². The minimum absolute atomic E-state index is 0.0173. The van der Waals surface area contributed by atoms with Gasteiger partial charge in [-0.05, 0) is 38.5 Å². The van der Waals surface area contributed by atoms with E-state index in [1.807, 2.05) is 30.0 Å². The quantitative estimate of drug-likeness (QED) is 0.788. The van der Waals surface area contributed by atoms with Crippen LogP contribution < -0.4 is 5.32 Å². The number of imidazole rings is 1. The van der Waals surface area contributed by atoms with E-state index in [9.17, 15) is 9.59 Å². The SMILES string of the molecule is CC[C@H](C)NC(=O)N1CCN(Cc2nc3cc(C(=O)N(C)C)ccc3n2CC)CC1. The Morgan fingerprint density at radius 3 is 2.47 bits per heavy atom. The van der Waals surface area contributed by atoms with E-state index >= 15 is 0 Å². The van der Waals surface area contributed by atoms with Crippen molar-refractivity contribution in [2.45, 2.75) is 46.3 Å². The molecule has 3 amide bonds. The maximum Gasteiger partial charge on any atom is 0.317 e. The summed E-state index contributed by atoms with van der Waals surface area (Å²) >= 11 is 0. The van der Waals surface area contributed by atoms with Gasteiger partial charge in [0.2, 0.25) is 0 Å². The van der Waals surface area contributed by atoms with Crippen LogP contribution in [-0.4, -0.2) is 82.5 Å². The zero-order chi connectivity index (χ0) is 21.8. The molecule has 1 atom stereocenters. The third kappa shape index (κ3) is 4.75. The van der Waals surface area contributed by atoms with Gasteiger partial charge < -0.3 is 19.7 Å². The number of aryl methyl sites for hydroxylation is 1. The van der Waals surface area contributed by atoms with Crippen LogP contribution in [-0.2, 0) is 13.1 Å². The molecular weight excluding hydrogens is 380 g/mol. The molecule has 0 spiro atoms. The number of nitrogens with zero attached hydrogens (tertiary/aromatic N) is 5. The van der Waals surface area contributed by atoms with Crippen molar-refractivity contribution in [2.75, 3.05) is 40.3 Å². The predicted molar refractivity (Wildman–Crippen MR) is 119 cm³/mol. The standard InChI is InChI=1S/C22H34N6O2/c1-6-16(3)23-22(30)27-12-10-26(11-13-27)15-20-24-18-14-17(21(29)25(4)5)8-9-19(18)28(20)7-2/h8-9,14,16H,6-7,10-13,15H2,1-5H3,(H,23,30)/t16-/m0/s1. The first kappa shape index (κ1) is 22.1. The molecule has 2 heterocycles. The molecular formula is C22H34N6O2. The summed E-state index contributed by atoms with van der Waals surface area (Å²) in [7, 11) is 3.51. The summed E-state index contributed by atoms with van der Waals surface area (Å²) in [5.74, 6) is 0.982. The normalized spacial score (nSPS) is 16.0. The molecule has 1 N–H and O–H groups in total. The van der Waals surface area contributed by atoms with Crippen LogP contribution in [0.2, 0.25) is 0 Å². The average Bonchev–Trinajstić information content (AvgIpc) is 3.09. The van der Waals surface area contributed by atoms with Crippen LogP contribution in [0.5, 0.6) is 0 Å². The number of nitrogens with one attached hydrogen (secondary N) is 1. The number of carbonyl (C=O) groups is 2. The molecule has 0 unspecified atom stereocenters. The molecule has 0 saturated carbocycles. The molecule has 1 saturated heterocycles. The molecule has 30 heavy (non-hydrogen) atoms. The lowest BCUT2D eigenvalue weighted by Crippen LogP contribution is -2.52. The molecule has 1 aromatic heterocycles. The minimum Gasteiger partial charge on any atom is -0.345 e. The van der Waals surface area contributed by atoms with Crippen LogP contribution in [0, 0.1) is 0 Å². The van der Waals surface area contributed by atoms with Gasteiger partial charge in [0.15, 0.2) is 0 Å². The third-order valence-electron chi connectivity index (χ3n) is 5.80. The van der Waals surface area contributed by atoms with Crippen molar-refractivity contribution < 1.29 is 9.59 Å². The van der Waals surface area contributed by atoms with Crippen molar-refractivity contribution in [3.63, 3.8) is 0 Å². The molecule has 0 radical (unpaired) electrons. The monoisotopic (exact) mass is 414 g/mol.